The number of nitrogens with zero attached hydrogens (tertiary/aromatic N) is 2. The van der Waals surface area contributed by atoms with Gasteiger partial charge in [-0.25, -0.2) is 0 Å². The monoisotopic (exact) mass is 549 g/mol. The second-order valence-electron chi connectivity index (χ2n) is 9.94. The van der Waals surface area contributed by atoms with Gasteiger partial charge in [-0.15, -0.1) is 23.2 Å². The molecule has 38 heavy (non-hydrogen) atoms. The predicted molar refractivity (Wildman–Crippen MR) is 141 cm³/mol. The summed E-state index contributed by atoms with van der Waals surface area (Å²) in [5.74, 6) is -3.87. The van der Waals surface area contributed by atoms with Crippen LogP contribution in [-0.2, 0) is 24.1 Å². The van der Waals surface area contributed by atoms with Gasteiger partial charge in [-0.05, 0) is 42.2 Å². The van der Waals surface area contributed by atoms with Crippen molar-refractivity contribution in [2.24, 2.45) is 11.8 Å². The number of nitro benzene ring substituents is 1. The molecule has 0 aromatic heterocycles. The van der Waals surface area contributed by atoms with Gasteiger partial charge in [0.15, 0.2) is 0 Å². The first-order valence-electron chi connectivity index (χ1n) is 12.0. The van der Waals surface area contributed by atoms with Crippen LogP contribution in [0.3, 0.4) is 0 Å². The van der Waals surface area contributed by atoms with E-state index in [0.717, 1.165) is 4.90 Å². The van der Waals surface area contributed by atoms with Crippen LogP contribution < -0.4 is 5.32 Å². The zero-order valence-corrected chi connectivity index (χ0v) is 21.8. The second kappa shape index (κ2) is 8.12. The Hall–Kier alpha value is -3.75. The van der Waals surface area contributed by atoms with E-state index < -0.39 is 50.3 Å². The fourth-order valence-corrected chi connectivity index (χ4v) is 7.42. The molecule has 8 nitrogen and oxygen atoms in total. The Morgan fingerprint density at radius 2 is 1.37 bits per heavy atom. The average molecular weight is 550 g/mol. The van der Waals surface area contributed by atoms with Crippen LogP contribution in [-0.4, -0.2) is 33.6 Å². The van der Waals surface area contributed by atoms with E-state index in [1.54, 1.807) is 6.92 Å². The van der Waals surface area contributed by atoms with Gasteiger partial charge in [0.25, 0.3) is 5.69 Å². The third-order valence-electron chi connectivity index (χ3n) is 8.06. The lowest BCUT2D eigenvalue weighted by Gasteiger charge is -2.54. The normalized spacial score (nSPS) is 27.4. The van der Waals surface area contributed by atoms with E-state index in [9.17, 15) is 24.5 Å². The lowest BCUT2D eigenvalue weighted by atomic mass is 9.54. The lowest BCUT2D eigenvalue weighted by Crippen LogP contribution is -2.57. The number of hydrogen-bond acceptors (Lipinski definition) is 5. The Morgan fingerprint density at radius 3 is 1.79 bits per heavy atom. The number of alkyl halides is 2. The number of rotatable bonds is 4. The first-order valence-corrected chi connectivity index (χ1v) is 12.8. The standard InChI is InChI=1S/C28H21Cl2N3O5/c1-14-11-12-16(13-21(14)33(37)38)31-24(34)15(2)32-25(35)22-23(26(32)36)28(30)18-8-4-3-7-17(18)27(22,29)19-9-5-6-10-20(19)28/h3-13,15,22-23H,1-2H3,(H,31,34)/t15-,22-,23+,27?,28?/m1/s1. The fraction of sp³-hybridized carbons (Fsp3) is 0.250. The number of benzene rings is 3. The Morgan fingerprint density at radius 1 is 0.921 bits per heavy atom. The molecule has 2 bridgehead atoms. The van der Waals surface area contributed by atoms with Gasteiger partial charge in [0, 0.05) is 17.3 Å². The highest BCUT2D eigenvalue weighted by Gasteiger charge is 2.73. The molecule has 3 aliphatic carbocycles. The molecule has 1 saturated heterocycles. The average Bonchev–Trinajstić information content (AvgIpc) is 3.18. The van der Waals surface area contributed by atoms with Crippen LogP contribution in [0.5, 0.6) is 0 Å². The second-order valence-corrected chi connectivity index (χ2v) is 11.1. The van der Waals surface area contributed by atoms with Crippen molar-refractivity contribution in [3.63, 3.8) is 0 Å². The van der Waals surface area contributed by atoms with Crippen LogP contribution in [0.1, 0.15) is 34.7 Å². The fourth-order valence-electron chi connectivity index (χ4n) is 6.32. The van der Waals surface area contributed by atoms with E-state index in [2.05, 4.69) is 5.32 Å². The maximum absolute atomic E-state index is 14.0. The molecule has 7 rings (SSSR count). The van der Waals surface area contributed by atoms with Crippen molar-refractivity contribution >= 4 is 52.3 Å². The molecule has 10 heteroatoms. The minimum absolute atomic E-state index is 0.157. The lowest BCUT2D eigenvalue weighted by molar-refractivity contribution is -0.385. The summed E-state index contributed by atoms with van der Waals surface area (Å²) in [4.78, 5) is 50.2. The van der Waals surface area contributed by atoms with Gasteiger partial charge in [0.05, 0.1) is 16.8 Å². The van der Waals surface area contributed by atoms with Gasteiger partial charge in [-0.2, -0.15) is 0 Å². The van der Waals surface area contributed by atoms with Crippen molar-refractivity contribution in [1.82, 2.24) is 4.90 Å². The van der Waals surface area contributed by atoms with E-state index in [-0.39, 0.29) is 11.4 Å². The number of carbonyl (C=O) groups is 3. The number of anilines is 1. The first-order chi connectivity index (χ1) is 18.0. The zero-order valence-electron chi connectivity index (χ0n) is 20.3. The van der Waals surface area contributed by atoms with E-state index in [0.29, 0.717) is 27.8 Å². The summed E-state index contributed by atoms with van der Waals surface area (Å²) in [5.41, 5.74) is 3.14. The summed E-state index contributed by atoms with van der Waals surface area (Å²) in [6.45, 7) is 3.03. The molecule has 1 heterocycles. The smallest absolute Gasteiger partial charge is 0.274 e. The zero-order chi connectivity index (χ0) is 27.1. The molecule has 3 aromatic carbocycles. The Bertz CT molecular complexity index is 1470. The number of aryl methyl sites for hydroxylation is 1. The molecule has 1 N–H and O–H groups in total. The summed E-state index contributed by atoms with van der Waals surface area (Å²) in [6, 6.07) is 17.6. The summed E-state index contributed by atoms with van der Waals surface area (Å²) >= 11 is 14.8. The topological polar surface area (TPSA) is 110 Å². The van der Waals surface area contributed by atoms with Crippen molar-refractivity contribution in [3.8, 4) is 0 Å². The van der Waals surface area contributed by atoms with Gasteiger partial charge < -0.3 is 5.32 Å². The van der Waals surface area contributed by atoms with E-state index in [1.807, 2.05) is 48.5 Å². The van der Waals surface area contributed by atoms with Gasteiger partial charge in [-0.3, -0.25) is 29.4 Å². The molecule has 3 atom stereocenters. The number of carbonyl (C=O) groups excluding carboxylic acids is 3. The number of amides is 3. The van der Waals surface area contributed by atoms with Crippen molar-refractivity contribution < 1.29 is 19.3 Å². The molecule has 1 fully saturated rings. The van der Waals surface area contributed by atoms with Gasteiger partial charge in [-0.1, -0.05) is 54.6 Å². The van der Waals surface area contributed by atoms with Crippen LogP contribution in [0.25, 0.3) is 0 Å². The molecular formula is C28H21Cl2N3O5. The minimum Gasteiger partial charge on any atom is -0.324 e. The summed E-state index contributed by atoms with van der Waals surface area (Å²) in [7, 11) is 0. The van der Waals surface area contributed by atoms with Crippen LogP contribution in [0.2, 0.25) is 0 Å². The van der Waals surface area contributed by atoms with E-state index in [1.165, 1.54) is 25.1 Å². The number of nitrogens with one attached hydrogen (secondary N) is 1. The SMILES string of the molecule is Cc1ccc(NC(=O)[C@@H](C)N2C(=O)[C@@H]3[C@H](C2=O)C2(Cl)c4ccccc4C3(Cl)c3ccccc32)cc1[N+](=O)[O-]. The summed E-state index contributed by atoms with van der Waals surface area (Å²) < 4.78 is 0. The van der Waals surface area contributed by atoms with Crippen LogP contribution in [0.4, 0.5) is 11.4 Å². The molecule has 3 amide bonds. The Labute approximate surface area is 227 Å². The first kappa shape index (κ1) is 24.6. The molecule has 192 valence electrons. The quantitative estimate of drug-likeness (QED) is 0.217. The number of hydrogen-bond donors (Lipinski definition) is 1. The highest BCUT2D eigenvalue weighted by molar-refractivity contribution is 6.36. The molecule has 3 aromatic rings. The van der Waals surface area contributed by atoms with Crippen molar-refractivity contribution in [2.45, 2.75) is 29.6 Å². The van der Waals surface area contributed by atoms with E-state index >= 15 is 0 Å². The number of imide groups is 1. The Balaban J connectivity index is 1.41. The molecule has 0 radical (unpaired) electrons. The molecule has 0 spiro atoms. The van der Waals surface area contributed by atoms with Gasteiger partial charge >= 0.3 is 0 Å². The van der Waals surface area contributed by atoms with Gasteiger partial charge in [0.1, 0.15) is 15.8 Å². The van der Waals surface area contributed by atoms with Crippen molar-refractivity contribution in [2.75, 3.05) is 5.32 Å². The molecule has 0 saturated carbocycles. The number of likely N-dealkylation sites (tertiary alicyclic amines) is 1. The molecular weight excluding hydrogens is 529 g/mol. The minimum atomic E-state index is -1.34. The largest absolute Gasteiger partial charge is 0.324 e. The van der Waals surface area contributed by atoms with Crippen LogP contribution in [0, 0.1) is 28.9 Å². The van der Waals surface area contributed by atoms with E-state index in [4.69, 9.17) is 23.2 Å². The molecule has 4 aliphatic rings. The van der Waals surface area contributed by atoms with Crippen molar-refractivity contribution in [1.29, 1.82) is 0 Å². The third-order valence-corrected chi connectivity index (χ3v) is 9.34. The van der Waals surface area contributed by atoms with Crippen molar-refractivity contribution in [3.05, 3.63) is 105 Å². The maximum atomic E-state index is 14.0. The molecule has 0 unspecified atom stereocenters. The summed E-state index contributed by atoms with van der Waals surface area (Å²) in [6.07, 6.45) is 0. The number of nitro groups is 1. The maximum Gasteiger partial charge on any atom is 0.274 e. The Kier molecular flexibility index (Phi) is 5.25. The highest BCUT2D eigenvalue weighted by atomic mass is 35.5. The van der Waals surface area contributed by atoms with Crippen LogP contribution in [0.15, 0.2) is 66.7 Å². The third kappa shape index (κ3) is 2.95. The molecule has 1 aliphatic heterocycles. The van der Waals surface area contributed by atoms with Crippen LogP contribution >= 0.6 is 23.2 Å². The predicted octanol–water partition coefficient (Wildman–Crippen LogP) is 4.82. The highest BCUT2D eigenvalue weighted by Crippen LogP contribution is 2.69. The van der Waals surface area contributed by atoms with Gasteiger partial charge in [0.2, 0.25) is 17.7 Å². The number of halogens is 2. The summed E-state index contributed by atoms with van der Waals surface area (Å²) in [5, 5.41) is 13.9.